The molecule has 7 nitrogen and oxygen atoms in total. The van der Waals surface area contributed by atoms with Crippen molar-refractivity contribution in [2.24, 2.45) is 0 Å². The van der Waals surface area contributed by atoms with Crippen LogP contribution in [-0.2, 0) is 14.3 Å². The van der Waals surface area contributed by atoms with E-state index in [1.807, 2.05) is 27.7 Å². The third-order valence-electron chi connectivity index (χ3n) is 4.50. The number of hydrogen-bond donors (Lipinski definition) is 2. The van der Waals surface area contributed by atoms with E-state index in [9.17, 15) is 14.4 Å². The van der Waals surface area contributed by atoms with E-state index in [1.54, 1.807) is 45.0 Å². The van der Waals surface area contributed by atoms with E-state index < -0.39 is 29.2 Å². The third-order valence-corrected chi connectivity index (χ3v) is 4.50. The molecule has 32 heavy (non-hydrogen) atoms. The Morgan fingerprint density at radius 3 is 2.12 bits per heavy atom. The largest absolute Gasteiger partial charge is 0.444 e. The summed E-state index contributed by atoms with van der Waals surface area (Å²) in [5, 5.41) is 5.43. The highest BCUT2D eigenvalue weighted by Crippen LogP contribution is 2.29. The fourth-order valence-corrected chi connectivity index (χ4v) is 3.12. The summed E-state index contributed by atoms with van der Waals surface area (Å²) in [6.45, 7) is 13.0. The van der Waals surface area contributed by atoms with Crippen LogP contribution in [0.2, 0.25) is 0 Å². The lowest BCUT2D eigenvalue weighted by Crippen LogP contribution is -2.55. The highest BCUT2D eigenvalue weighted by molar-refractivity contribution is 5.91. The van der Waals surface area contributed by atoms with Crippen molar-refractivity contribution in [1.82, 2.24) is 15.5 Å². The van der Waals surface area contributed by atoms with Crippen LogP contribution in [0.15, 0.2) is 24.3 Å². The predicted octanol–water partition coefficient (Wildman–Crippen LogP) is 3.78. The molecule has 0 radical (unpaired) electrons. The molecule has 2 N–H and O–H groups in total. The highest BCUT2D eigenvalue weighted by atomic mass is 16.6. The normalized spacial score (nSPS) is 12.3. The summed E-state index contributed by atoms with van der Waals surface area (Å²) in [5.74, 6) is 1.87. The number of terminal acetylenes is 1. The van der Waals surface area contributed by atoms with Crippen LogP contribution in [0.1, 0.15) is 78.5 Å². The minimum Gasteiger partial charge on any atom is -0.444 e. The first-order valence-corrected chi connectivity index (χ1v) is 10.9. The van der Waals surface area contributed by atoms with E-state index in [2.05, 4.69) is 16.6 Å². The SMILES string of the molecule is C#Cc1ccc(C(C(=O)NCCCC)N(C(=O)CNC(=O)OC(C)(C)C)C(C)(C)C)cc1. The standard InChI is InChI=1S/C25H37N3O4/c1-9-11-16-26-22(30)21(19-14-12-18(10-2)13-15-19)28(24(3,4)5)20(29)17-27-23(31)32-25(6,7)8/h2,12-15,21H,9,11,16-17H2,1,3-8H3,(H,26,30)(H,27,31). The third kappa shape index (κ3) is 8.62. The van der Waals surface area contributed by atoms with Crippen molar-refractivity contribution in [2.45, 2.75) is 78.5 Å². The van der Waals surface area contributed by atoms with Gasteiger partial charge in [0.05, 0.1) is 0 Å². The number of nitrogens with one attached hydrogen (secondary N) is 2. The van der Waals surface area contributed by atoms with Crippen molar-refractivity contribution in [3.63, 3.8) is 0 Å². The molecule has 0 aliphatic heterocycles. The van der Waals surface area contributed by atoms with Gasteiger partial charge in [-0.25, -0.2) is 4.79 Å². The van der Waals surface area contributed by atoms with Gasteiger partial charge in [0.1, 0.15) is 18.2 Å². The van der Waals surface area contributed by atoms with Crippen LogP contribution in [-0.4, -0.2) is 47.0 Å². The van der Waals surface area contributed by atoms with E-state index in [4.69, 9.17) is 11.2 Å². The van der Waals surface area contributed by atoms with Crippen LogP contribution in [0.5, 0.6) is 0 Å². The van der Waals surface area contributed by atoms with Crippen LogP contribution in [0.25, 0.3) is 0 Å². The molecule has 1 rings (SSSR count). The molecule has 0 aliphatic rings. The van der Waals surface area contributed by atoms with Gasteiger partial charge in [-0.2, -0.15) is 0 Å². The van der Waals surface area contributed by atoms with E-state index in [-0.39, 0.29) is 12.5 Å². The lowest BCUT2D eigenvalue weighted by molar-refractivity contribution is -0.145. The maximum Gasteiger partial charge on any atom is 0.408 e. The summed E-state index contributed by atoms with van der Waals surface area (Å²) in [7, 11) is 0. The number of carbonyl (C=O) groups excluding carboxylic acids is 3. The van der Waals surface area contributed by atoms with Crippen molar-refractivity contribution >= 4 is 17.9 Å². The molecule has 0 bridgehead atoms. The lowest BCUT2D eigenvalue weighted by atomic mass is 9.96. The molecule has 0 fully saturated rings. The molecule has 3 amide bonds. The average Bonchev–Trinajstić information content (AvgIpc) is 2.68. The second-order valence-corrected chi connectivity index (χ2v) is 9.60. The molecule has 1 aromatic rings. The number of carbonyl (C=O) groups is 3. The van der Waals surface area contributed by atoms with Gasteiger partial charge < -0.3 is 20.3 Å². The Hall–Kier alpha value is -3.01. The zero-order valence-electron chi connectivity index (χ0n) is 20.4. The lowest BCUT2D eigenvalue weighted by Gasteiger charge is -2.41. The minimum absolute atomic E-state index is 0.285. The van der Waals surface area contributed by atoms with Crippen LogP contribution >= 0.6 is 0 Å². The fraction of sp³-hybridized carbons (Fsp3) is 0.560. The topological polar surface area (TPSA) is 87.7 Å². The van der Waals surface area contributed by atoms with Crippen molar-refractivity contribution < 1.29 is 19.1 Å². The molecule has 176 valence electrons. The van der Waals surface area contributed by atoms with E-state index >= 15 is 0 Å². The maximum atomic E-state index is 13.3. The number of nitrogens with zero attached hydrogens (tertiary/aromatic N) is 1. The molecule has 0 saturated carbocycles. The molecular weight excluding hydrogens is 406 g/mol. The number of benzene rings is 1. The van der Waals surface area contributed by atoms with E-state index in [0.717, 1.165) is 12.8 Å². The summed E-state index contributed by atoms with van der Waals surface area (Å²) < 4.78 is 5.22. The van der Waals surface area contributed by atoms with Gasteiger partial charge in [-0.05, 0) is 65.7 Å². The fourth-order valence-electron chi connectivity index (χ4n) is 3.12. The smallest absolute Gasteiger partial charge is 0.408 e. The Kier molecular flexibility index (Phi) is 9.77. The molecule has 0 spiro atoms. The Labute approximate surface area is 192 Å². The predicted molar refractivity (Wildman–Crippen MR) is 126 cm³/mol. The Balaban J connectivity index is 3.24. The van der Waals surface area contributed by atoms with Crippen molar-refractivity contribution in [3.05, 3.63) is 35.4 Å². The first-order valence-electron chi connectivity index (χ1n) is 10.9. The number of rotatable bonds is 8. The van der Waals surface area contributed by atoms with Crippen LogP contribution in [0, 0.1) is 12.3 Å². The van der Waals surface area contributed by atoms with E-state index in [1.165, 1.54) is 4.90 Å². The Morgan fingerprint density at radius 2 is 1.66 bits per heavy atom. The number of amides is 3. The van der Waals surface area contributed by atoms with Crippen LogP contribution < -0.4 is 10.6 Å². The van der Waals surface area contributed by atoms with Crippen molar-refractivity contribution in [3.8, 4) is 12.3 Å². The summed E-state index contributed by atoms with van der Waals surface area (Å²) in [5.41, 5.74) is -0.0701. The summed E-state index contributed by atoms with van der Waals surface area (Å²) in [4.78, 5) is 40.1. The highest BCUT2D eigenvalue weighted by Gasteiger charge is 2.38. The number of unbranched alkanes of at least 4 members (excludes halogenated alkanes) is 1. The monoisotopic (exact) mass is 443 g/mol. The number of hydrogen-bond acceptors (Lipinski definition) is 4. The maximum absolute atomic E-state index is 13.3. The second-order valence-electron chi connectivity index (χ2n) is 9.60. The summed E-state index contributed by atoms with van der Waals surface area (Å²) in [6.07, 6.45) is 6.53. The minimum atomic E-state index is -0.883. The number of alkyl carbamates (subject to hydrolysis) is 1. The zero-order valence-corrected chi connectivity index (χ0v) is 20.4. The van der Waals surface area contributed by atoms with Gasteiger partial charge in [0.25, 0.3) is 0 Å². The Bertz CT molecular complexity index is 827. The first-order chi connectivity index (χ1) is 14.8. The molecule has 0 heterocycles. The molecule has 1 unspecified atom stereocenters. The molecule has 0 aliphatic carbocycles. The average molecular weight is 444 g/mol. The van der Waals surface area contributed by atoms with Gasteiger partial charge in [0, 0.05) is 17.6 Å². The van der Waals surface area contributed by atoms with Gasteiger partial charge in [0.2, 0.25) is 11.8 Å². The molecule has 0 aromatic heterocycles. The van der Waals surface area contributed by atoms with Crippen molar-refractivity contribution in [2.75, 3.05) is 13.1 Å². The molecule has 0 saturated heterocycles. The van der Waals surface area contributed by atoms with Gasteiger partial charge in [-0.15, -0.1) is 6.42 Å². The molecule has 1 aromatic carbocycles. The van der Waals surface area contributed by atoms with E-state index in [0.29, 0.717) is 17.7 Å². The molecular formula is C25H37N3O4. The number of ether oxygens (including phenoxy) is 1. The quantitative estimate of drug-likeness (QED) is 0.473. The molecule has 1 atom stereocenters. The zero-order chi connectivity index (χ0) is 24.5. The first kappa shape index (κ1) is 27.0. The summed E-state index contributed by atoms with van der Waals surface area (Å²) >= 11 is 0. The summed E-state index contributed by atoms with van der Waals surface area (Å²) in [6, 6.07) is 6.11. The van der Waals surface area contributed by atoms with Gasteiger partial charge in [0.15, 0.2) is 0 Å². The molecule has 7 heteroatoms. The van der Waals surface area contributed by atoms with Gasteiger partial charge in [-0.3, -0.25) is 9.59 Å². The van der Waals surface area contributed by atoms with Crippen molar-refractivity contribution in [1.29, 1.82) is 0 Å². The van der Waals surface area contributed by atoms with Crippen LogP contribution in [0.3, 0.4) is 0 Å². The van der Waals surface area contributed by atoms with Gasteiger partial charge in [-0.1, -0.05) is 31.4 Å². The Morgan fingerprint density at radius 1 is 1.06 bits per heavy atom. The van der Waals surface area contributed by atoms with Gasteiger partial charge >= 0.3 is 6.09 Å². The second kappa shape index (κ2) is 11.6. The van der Waals surface area contributed by atoms with Crippen LogP contribution in [0.4, 0.5) is 4.79 Å².